The number of amides is 1. The SMILES string of the molecule is COc1ccccc1[C@H](CC(=O)O)NC(=O)c1cc(=O)n(-c2ccccc2F)[nH]1. The molecule has 2 aromatic carbocycles. The molecule has 0 saturated carbocycles. The summed E-state index contributed by atoms with van der Waals surface area (Å²) in [5, 5.41) is 14.4. The number of rotatable bonds is 7. The number of aromatic amines is 1. The Labute approximate surface area is 164 Å². The van der Waals surface area contributed by atoms with Crippen LogP contribution in [-0.2, 0) is 4.79 Å². The monoisotopic (exact) mass is 399 g/mol. The van der Waals surface area contributed by atoms with Gasteiger partial charge >= 0.3 is 5.97 Å². The highest BCUT2D eigenvalue weighted by atomic mass is 19.1. The first kappa shape index (κ1) is 19.9. The predicted molar refractivity (Wildman–Crippen MR) is 102 cm³/mol. The number of nitrogens with zero attached hydrogens (tertiary/aromatic N) is 1. The predicted octanol–water partition coefficient (Wildman–Crippen LogP) is 2.26. The Bertz CT molecular complexity index is 1110. The van der Waals surface area contributed by atoms with Crippen molar-refractivity contribution >= 4 is 11.9 Å². The fourth-order valence-electron chi connectivity index (χ4n) is 2.93. The van der Waals surface area contributed by atoms with E-state index in [0.29, 0.717) is 11.3 Å². The lowest BCUT2D eigenvalue weighted by molar-refractivity contribution is -0.137. The van der Waals surface area contributed by atoms with Crippen LogP contribution in [0.5, 0.6) is 5.75 Å². The van der Waals surface area contributed by atoms with Gasteiger partial charge in [0, 0.05) is 11.6 Å². The maximum Gasteiger partial charge on any atom is 0.305 e. The average Bonchev–Trinajstić information content (AvgIpc) is 3.09. The van der Waals surface area contributed by atoms with E-state index in [-0.39, 0.29) is 11.4 Å². The van der Waals surface area contributed by atoms with Gasteiger partial charge in [-0.05, 0) is 18.2 Å². The smallest absolute Gasteiger partial charge is 0.305 e. The number of para-hydroxylation sites is 2. The largest absolute Gasteiger partial charge is 0.496 e. The van der Waals surface area contributed by atoms with Crippen LogP contribution in [0.1, 0.15) is 28.5 Å². The molecule has 8 nitrogen and oxygen atoms in total. The molecule has 29 heavy (non-hydrogen) atoms. The number of carboxylic acids is 1. The Hall–Kier alpha value is -3.88. The Morgan fingerprint density at radius 2 is 1.90 bits per heavy atom. The van der Waals surface area contributed by atoms with Gasteiger partial charge in [-0.25, -0.2) is 9.07 Å². The summed E-state index contributed by atoms with van der Waals surface area (Å²) in [5.41, 5.74) is -0.333. The summed E-state index contributed by atoms with van der Waals surface area (Å²) in [6.07, 6.45) is -0.398. The summed E-state index contributed by atoms with van der Waals surface area (Å²) in [6.45, 7) is 0. The molecule has 150 valence electrons. The minimum Gasteiger partial charge on any atom is -0.496 e. The zero-order chi connectivity index (χ0) is 21.0. The number of carbonyl (C=O) groups excluding carboxylic acids is 1. The molecule has 0 bridgehead atoms. The van der Waals surface area contributed by atoms with Crippen LogP contribution in [0.4, 0.5) is 4.39 Å². The minimum atomic E-state index is -1.13. The van der Waals surface area contributed by atoms with Gasteiger partial charge in [0.25, 0.3) is 11.5 Å². The zero-order valence-electron chi connectivity index (χ0n) is 15.4. The molecule has 3 N–H and O–H groups in total. The molecular formula is C20H18FN3O5. The van der Waals surface area contributed by atoms with Crippen molar-refractivity contribution in [2.75, 3.05) is 7.11 Å². The molecule has 3 aromatic rings. The summed E-state index contributed by atoms with van der Waals surface area (Å²) in [4.78, 5) is 36.2. The van der Waals surface area contributed by atoms with Gasteiger partial charge in [0.1, 0.15) is 22.9 Å². The maximum atomic E-state index is 14.0. The van der Waals surface area contributed by atoms with Crippen LogP contribution in [0.2, 0.25) is 0 Å². The number of hydrogen-bond donors (Lipinski definition) is 3. The molecule has 0 spiro atoms. The molecule has 0 aliphatic heterocycles. The van der Waals surface area contributed by atoms with E-state index in [1.165, 1.54) is 25.3 Å². The number of hydrogen-bond acceptors (Lipinski definition) is 4. The van der Waals surface area contributed by atoms with Gasteiger partial charge in [-0.15, -0.1) is 0 Å². The van der Waals surface area contributed by atoms with Crippen molar-refractivity contribution in [3.63, 3.8) is 0 Å². The van der Waals surface area contributed by atoms with Crippen LogP contribution in [-0.4, -0.2) is 33.9 Å². The molecule has 0 aliphatic rings. The van der Waals surface area contributed by atoms with Crippen molar-refractivity contribution in [1.82, 2.24) is 15.1 Å². The van der Waals surface area contributed by atoms with E-state index in [9.17, 15) is 23.9 Å². The highest BCUT2D eigenvalue weighted by molar-refractivity contribution is 5.92. The van der Waals surface area contributed by atoms with Gasteiger partial charge < -0.3 is 15.2 Å². The van der Waals surface area contributed by atoms with Crippen LogP contribution in [0, 0.1) is 5.82 Å². The molecule has 0 unspecified atom stereocenters. The lowest BCUT2D eigenvalue weighted by atomic mass is 10.0. The number of benzene rings is 2. The van der Waals surface area contributed by atoms with Crippen molar-refractivity contribution in [3.8, 4) is 11.4 Å². The van der Waals surface area contributed by atoms with E-state index in [0.717, 1.165) is 10.7 Å². The van der Waals surface area contributed by atoms with Crippen LogP contribution in [0.15, 0.2) is 59.4 Å². The number of carbonyl (C=O) groups is 2. The van der Waals surface area contributed by atoms with E-state index in [1.54, 1.807) is 30.3 Å². The van der Waals surface area contributed by atoms with Crippen molar-refractivity contribution < 1.29 is 23.8 Å². The standard InChI is InChI=1S/C20H18FN3O5/c1-29-17-9-5-2-6-12(17)14(11-19(26)27)22-20(28)15-10-18(25)24(23-15)16-8-4-3-7-13(16)21/h2-10,14,23H,11H2,1H3,(H,22,28)(H,26,27)/t14-/m0/s1. The number of aromatic nitrogens is 2. The van der Waals surface area contributed by atoms with Crippen LogP contribution in [0.25, 0.3) is 5.69 Å². The Morgan fingerprint density at radius 1 is 1.21 bits per heavy atom. The van der Waals surface area contributed by atoms with Crippen LogP contribution < -0.4 is 15.6 Å². The molecule has 9 heteroatoms. The second-order valence-electron chi connectivity index (χ2n) is 6.16. The molecule has 0 aliphatic carbocycles. The Kier molecular flexibility index (Phi) is 5.77. The lowest BCUT2D eigenvalue weighted by Gasteiger charge is -2.19. The molecule has 1 heterocycles. The molecule has 1 atom stereocenters. The molecule has 1 amide bonds. The third-order valence-corrected chi connectivity index (χ3v) is 4.26. The highest BCUT2D eigenvalue weighted by Crippen LogP contribution is 2.27. The normalized spacial score (nSPS) is 11.7. The fraction of sp³-hybridized carbons (Fsp3) is 0.150. The van der Waals surface area contributed by atoms with Crippen LogP contribution >= 0.6 is 0 Å². The van der Waals surface area contributed by atoms with Crippen LogP contribution in [0.3, 0.4) is 0 Å². The van der Waals surface area contributed by atoms with E-state index in [2.05, 4.69) is 10.4 Å². The molecule has 0 radical (unpaired) electrons. The minimum absolute atomic E-state index is 0.0386. The number of H-pyrrole nitrogens is 1. The van der Waals surface area contributed by atoms with Gasteiger partial charge in [0.05, 0.1) is 19.6 Å². The number of carboxylic acid groups (broad SMARTS) is 1. The van der Waals surface area contributed by atoms with Crippen molar-refractivity contribution in [2.45, 2.75) is 12.5 Å². The number of nitrogens with one attached hydrogen (secondary N) is 2. The summed E-state index contributed by atoms with van der Waals surface area (Å²) < 4.78 is 20.1. The first-order valence-corrected chi connectivity index (χ1v) is 8.63. The number of aliphatic carboxylic acids is 1. The van der Waals surface area contributed by atoms with E-state index < -0.39 is 35.7 Å². The summed E-state index contributed by atoms with van der Waals surface area (Å²) in [6, 6.07) is 12.4. The van der Waals surface area contributed by atoms with Gasteiger partial charge in [0.15, 0.2) is 0 Å². The summed E-state index contributed by atoms with van der Waals surface area (Å²) >= 11 is 0. The first-order chi connectivity index (χ1) is 13.9. The third-order valence-electron chi connectivity index (χ3n) is 4.26. The van der Waals surface area contributed by atoms with E-state index in [4.69, 9.17) is 4.74 Å². The van der Waals surface area contributed by atoms with Crippen molar-refractivity contribution in [2.24, 2.45) is 0 Å². The van der Waals surface area contributed by atoms with Crippen molar-refractivity contribution in [1.29, 1.82) is 0 Å². The van der Waals surface area contributed by atoms with Gasteiger partial charge in [0.2, 0.25) is 0 Å². The average molecular weight is 399 g/mol. The molecular weight excluding hydrogens is 381 g/mol. The maximum absolute atomic E-state index is 14.0. The number of halogens is 1. The first-order valence-electron chi connectivity index (χ1n) is 8.63. The molecule has 1 aromatic heterocycles. The van der Waals surface area contributed by atoms with E-state index in [1.807, 2.05) is 0 Å². The van der Waals surface area contributed by atoms with Gasteiger partial charge in [-0.2, -0.15) is 0 Å². The topological polar surface area (TPSA) is 113 Å². The molecule has 0 fully saturated rings. The quantitative estimate of drug-likeness (QED) is 0.564. The highest BCUT2D eigenvalue weighted by Gasteiger charge is 2.23. The second kappa shape index (κ2) is 8.42. The summed E-state index contributed by atoms with van der Waals surface area (Å²) in [7, 11) is 1.44. The van der Waals surface area contributed by atoms with Crippen molar-refractivity contribution in [3.05, 3.63) is 82.0 Å². The Balaban J connectivity index is 1.91. The number of methoxy groups -OCH3 is 1. The summed E-state index contributed by atoms with van der Waals surface area (Å²) in [5.74, 6) is -2.06. The molecule has 3 rings (SSSR count). The van der Waals surface area contributed by atoms with Gasteiger partial charge in [-0.1, -0.05) is 30.3 Å². The zero-order valence-corrected chi connectivity index (χ0v) is 15.4. The second-order valence-corrected chi connectivity index (χ2v) is 6.16. The Morgan fingerprint density at radius 3 is 2.59 bits per heavy atom. The van der Waals surface area contributed by atoms with Gasteiger partial charge in [-0.3, -0.25) is 19.5 Å². The third kappa shape index (κ3) is 4.34. The van der Waals surface area contributed by atoms with E-state index >= 15 is 0 Å². The fourth-order valence-corrected chi connectivity index (χ4v) is 2.93. The molecule has 0 saturated heterocycles. The lowest BCUT2D eigenvalue weighted by Crippen LogP contribution is -2.31. The number of ether oxygens (including phenoxy) is 1.